The normalized spacial score (nSPS) is 31.0. The third-order valence-electron chi connectivity index (χ3n) is 10.7. The van der Waals surface area contributed by atoms with Crippen LogP contribution in [-0.2, 0) is 24.4 Å². The number of fused-ring (bicyclic) bond motifs is 3. The fourth-order valence-corrected chi connectivity index (χ4v) is 9.18. The van der Waals surface area contributed by atoms with Crippen LogP contribution < -0.4 is 19.5 Å². The molecule has 48 heavy (non-hydrogen) atoms. The lowest BCUT2D eigenvalue weighted by Crippen LogP contribution is -2.57. The molecule has 0 bridgehead atoms. The molecule has 2 N–H and O–H groups in total. The fraction of sp³-hybridized carbons (Fsp3) is 0.611. The van der Waals surface area contributed by atoms with Crippen molar-refractivity contribution in [1.29, 1.82) is 0 Å². The molecular formula is C36H48N4O7S. The van der Waals surface area contributed by atoms with Crippen LogP contribution in [0.2, 0.25) is 0 Å². The number of hydrogen-bond acceptors (Lipinski definition) is 8. The Balaban J connectivity index is 1.29. The van der Waals surface area contributed by atoms with Gasteiger partial charge in [-0.05, 0) is 75.2 Å². The fourth-order valence-electron chi connectivity index (χ4n) is 7.52. The summed E-state index contributed by atoms with van der Waals surface area (Å²) in [6.45, 7) is 8.53. The van der Waals surface area contributed by atoms with E-state index in [1.54, 1.807) is 11.8 Å². The average molecular weight is 681 g/mol. The third-order valence-corrected chi connectivity index (χ3v) is 13.0. The zero-order valence-electron chi connectivity index (χ0n) is 28.4. The van der Waals surface area contributed by atoms with Crippen LogP contribution in [0.4, 0.5) is 0 Å². The smallest absolute Gasteiger partial charge is 0.259 e. The Kier molecular flexibility index (Phi) is 9.50. The molecule has 260 valence electrons. The summed E-state index contributed by atoms with van der Waals surface area (Å²) in [7, 11) is -3.93. The van der Waals surface area contributed by atoms with Crippen LogP contribution in [0.5, 0.6) is 11.8 Å². The molecule has 0 radical (unpaired) electrons. The molecule has 2 aliphatic carbocycles. The van der Waals surface area contributed by atoms with Gasteiger partial charge in [0.05, 0.1) is 17.9 Å². The standard InChI is InChI=1S/C36H48N4O7S/c1-5-35(15-16-35)48(44,45)39-34(43)36-21-26(36)13-9-7-11-23(3)17-24(4)18-31(41)40-22-27(20-29(40)32(42)38-36)47-33-28-14-10-8-12-25(28)19-30(37-33)46-6-2/h8-10,12-14,19,23-24,26-27,29H,5-7,11,15-18,20-22H2,1-4H3,(H,38,42)(H,39,43)/b13-9-/t23-,24-,26-,27-,29+,36-/m1/s1. The van der Waals surface area contributed by atoms with Gasteiger partial charge in [-0.2, -0.15) is 4.98 Å². The SMILES string of the molecule is CCOc1cc2ccccc2c(O[C@@H]2C[C@H]3C(=O)N[C@]4(C(=O)NS(=O)(=O)C5(CC)CC5)C[C@H]4/C=C\CC[C@@H](C)C[C@@H](C)CC(=O)N3C2)n1. The van der Waals surface area contributed by atoms with Crippen LogP contribution >= 0.6 is 0 Å². The number of aromatic nitrogens is 1. The van der Waals surface area contributed by atoms with Crippen LogP contribution in [-0.4, -0.2) is 71.6 Å². The Morgan fingerprint density at radius 1 is 1.12 bits per heavy atom. The molecule has 2 aromatic rings. The lowest BCUT2D eigenvalue weighted by atomic mass is 9.91. The minimum Gasteiger partial charge on any atom is -0.478 e. The van der Waals surface area contributed by atoms with Crippen molar-refractivity contribution in [3.05, 3.63) is 42.5 Å². The molecule has 1 saturated heterocycles. The minimum absolute atomic E-state index is 0.114. The van der Waals surface area contributed by atoms with E-state index in [0.717, 1.165) is 30.0 Å². The first-order valence-corrected chi connectivity index (χ1v) is 18.9. The highest BCUT2D eigenvalue weighted by Gasteiger charge is 2.63. The number of carbonyl (C=O) groups excluding carboxylic acids is 3. The lowest BCUT2D eigenvalue weighted by Gasteiger charge is -2.28. The average Bonchev–Trinajstić information content (AvgIpc) is 3.94. The zero-order valence-corrected chi connectivity index (χ0v) is 29.2. The molecule has 11 nitrogen and oxygen atoms in total. The number of amides is 3. The summed E-state index contributed by atoms with van der Waals surface area (Å²) in [4.78, 5) is 48.0. The topological polar surface area (TPSA) is 144 Å². The molecule has 12 heteroatoms. The van der Waals surface area contributed by atoms with E-state index >= 15 is 0 Å². The zero-order chi connectivity index (χ0) is 34.3. The molecule has 0 unspecified atom stereocenters. The van der Waals surface area contributed by atoms with Gasteiger partial charge in [0.15, 0.2) is 0 Å². The van der Waals surface area contributed by atoms with E-state index in [1.807, 2.05) is 49.4 Å². The van der Waals surface area contributed by atoms with E-state index < -0.39 is 44.3 Å². The van der Waals surface area contributed by atoms with Gasteiger partial charge in [0.2, 0.25) is 33.6 Å². The molecule has 6 rings (SSSR count). The van der Waals surface area contributed by atoms with Crippen molar-refractivity contribution in [2.45, 2.75) is 108 Å². The number of sulfonamides is 1. The Bertz CT molecular complexity index is 1710. The van der Waals surface area contributed by atoms with Crippen molar-refractivity contribution in [1.82, 2.24) is 19.9 Å². The maximum absolute atomic E-state index is 14.2. The van der Waals surface area contributed by atoms with Crippen molar-refractivity contribution in [3.8, 4) is 11.8 Å². The number of benzene rings is 1. The quantitative estimate of drug-likeness (QED) is 0.384. The molecule has 3 heterocycles. The molecule has 1 aromatic heterocycles. The summed E-state index contributed by atoms with van der Waals surface area (Å²) in [5.41, 5.74) is -1.42. The second-order valence-corrected chi connectivity index (χ2v) is 16.4. The molecule has 6 atom stereocenters. The van der Waals surface area contributed by atoms with Gasteiger partial charge in [0.1, 0.15) is 17.7 Å². The Morgan fingerprint density at radius 2 is 1.90 bits per heavy atom. The number of allylic oxidation sites excluding steroid dienone is 1. The van der Waals surface area contributed by atoms with Gasteiger partial charge < -0.3 is 19.7 Å². The summed E-state index contributed by atoms with van der Waals surface area (Å²) in [6.07, 6.45) is 8.16. The number of pyridine rings is 1. The second-order valence-electron chi connectivity index (χ2n) is 14.4. The number of carbonyl (C=O) groups is 3. The predicted octanol–water partition coefficient (Wildman–Crippen LogP) is 4.65. The summed E-state index contributed by atoms with van der Waals surface area (Å²) in [5, 5.41) is 4.63. The van der Waals surface area contributed by atoms with E-state index in [2.05, 4.69) is 28.9 Å². The maximum Gasteiger partial charge on any atom is 0.259 e. The van der Waals surface area contributed by atoms with E-state index in [4.69, 9.17) is 9.47 Å². The van der Waals surface area contributed by atoms with Gasteiger partial charge >= 0.3 is 0 Å². The largest absolute Gasteiger partial charge is 0.478 e. The number of nitrogens with zero attached hydrogens (tertiary/aromatic N) is 2. The molecule has 2 aliphatic heterocycles. The molecule has 1 aromatic carbocycles. The first-order valence-electron chi connectivity index (χ1n) is 17.4. The first kappa shape index (κ1) is 34.2. The van der Waals surface area contributed by atoms with Crippen molar-refractivity contribution >= 4 is 38.5 Å². The lowest BCUT2D eigenvalue weighted by molar-refractivity contribution is -0.140. The number of rotatable bonds is 8. The van der Waals surface area contributed by atoms with Gasteiger partial charge in [-0.15, -0.1) is 0 Å². The van der Waals surface area contributed by atoms with Crippen LogP contribution in [0.1, 0.15) is 85.5 Å². The highest BCUT2D eigenvalue weighted by atomic mass is 32.2. The molecular weight excluding hydrogens is 632 g/mol. The molecule has 3 fully saturated rings. The summed E-state index contributed by atoms with van der Waals surface area (Å²) < 4.78 is 40.1. The maximum atomic E-state index is 14.2. The van der Waals surface area contributed by atoms with Crippen molar-refractivity contribution in [2.75, 3.05) is 13.2 Å². The highest BCUT2D eigenvalue weighted by Crippen LogP contribution is 2.49. The predicted molar refractivity (Wildman–Crippen MR) is 182 cm³/mol. The molecule has 4 aliphatic rings. The second kappa shape index (κ2) is 13.3. The van der Waals surface area contributed by atoms with E-state index in [1.165, 1.54) is 0 Å². The van der Waals surface area contributed by atoms with Crippen LogP contribution in [0.25, 0.3) is 10.8 Å². The summed E-state index contributed by atoms with van der Waals surface area (Å²) in [6, 6.07) is 8.61. The van der Waals surface area contributed by atoms with Crippen LogP contribution in [0, 0.1) is 17.8 Å². The molecule has 2 saturated carbocycles. The van der Waals surface area contributed by atoms with Crippen molar-refractivity contribution < 1.29 is 32.3 Å². The van der Waals surface area contributed by atoms with Gasteiger partial charge in [0, 0.05) is 30.2 Å². The van der Waals surface area contributed by atoms with Gasteiger partial charge in [-0.25, -0.2) is 8.42 Å². The van der Waals surface area contributed by atoms with E-state index in [9.17, 15) is 22.8 Å². The number of nitrogens with one attached hydrogen (secondary N) is 2. The van der Waals surface area contributed by atoms with Crippen LogP contribution in [0.3, 0.4) is 0 Å². The Morgan fingerprint density at radius 3 is 2.62 bits per heavy atom. The number of hydrogen-bond donors (Lipinski definition) is 2. The summed E-state index contributed by atoms with van der Waals surface area (Å²) >= 11 is 0. The van der Waals surface area contributed by atoms with Crippen LogP contribution in [0.15, 0.2) is 42.5 Å². The van der Waals surface area contributed by atoms with Gasteiger partial charge in [-0.3, -0.25) is 19.1 Å². The first-order chi connectivity index (χ1) is 22.9. The Hall–Kier alpha value is -3.67. The van der Waals surface area contributed by atoms with Crippen molar-refractivity contribution in [2.24, 2.45) is 17.8 Å². The van der Waals surface area contributed by atoms with Gasteiger partial charge in [0.25, 0.3) is 5.91 Å². The van der Waals surface area contributed by atoms with Gasteiger partial charge in [-0.1, -0.05) is 51.1 Å². The molecule has 0 spiro atoms. The van der Waals surface area contributed by atoms with Crippen molar-refractivity contribution in [3.63, 3.8) is 0 Å². The highest BCUT2D eigenvalue weighted by molar-refractivity contribution is 7.91. The van der Waals surface area contributed by atoms with E-state index in [-0.39, 0.29) is 43.6 Å². The van der Waals surface area contributed by atoms with E-state index in [0.29, 0.717) is 43.5 Å². The Labute approximate surface area is 283 Å². The summed E-state index contributed by atoms with van der Waals surface area (Å²) in [5.74, 6) is -0.451. The minimum atomic E-state index is -3.93. The molecule has 3 amide bonds. The monoisotopic (exact) mass is 680 g/mol. The third kappa shape index (κ3) is 6.77. The number of ether oxygens (including phenoxy) is 2.